The molecule has 2 heterocycles. The van der Waals surface area contributed by atoms with E-state index in [1.807, 2.05) is 41.3 Å². The van der Waals surface area contributed by atoms with E-state index < -0.39 is 0 Å². The summed E-state index contributed by atoms with van der Waals surface area (Å²) in [5.41, 5.74) is 3.98. The Morgan fingerprint density at radius 2 is 1.81 bits per heavy atom. The summed E-state index contributed by atoms with van der Waals surface area (Å²) in [6.07, 6.45) is 3.86. The number of amides is 2. The predicted octanol–water partition coefficient (Wildman–Crippen LogP) is 6.48. The quantitative estimate of drug-likeness (QED) is 0.338. The first-order valence-corrected chi connectivity index (χ1v) is 14.6. The highest BCUT2D eigenvalue weighted by Gasteiger charge is 2.33. The second kappa shape index (κ2) is 11.3. The number of fused-ring (bicyclic) bond motifs is 1. The van der Waals surface area contributed by atoms with Crippen LogP contribution in [0.5, 0.6) is 0 Å². The Morgan fingerprint density at radius 3 is 2.54 bits per heavy atom. The van der Waals surface area contributed by atoms with Crippen molar-refractivity contribution in [2.24, 2.45) is 0 Å². The molecule has 0 bridgehead atoms. The first kappa shape index (κ1) is 25.8. The number of ether oxygens (including phenoxy) is 1. The molecule has 1 atom stereocenters. The van der Waals surface area contributed by atoms with Crippen molar-refractivity contribution in [1.29, 1.82) is 0 Å². The Labute approximate surface area is 229 Å². The maximum Gasteiger partial charge on any atom is 0.341 e. The molecule has 0 unspecified atom stereocenters. The van der Waals surface area contributed by atoms with Crippen LogP contribution in [0.1, 0.15) is 67.4 Å². The van der Waals surface area contributed by atoms with Crippen LogP contribution < -0.4 is 5.32 Å². The lowest BCUT2D eigenvalue weighted by atomic mass is 9.95. The van der Waals surface area contributed by atoms with Crippen LogP contribution in [0, 0.1) is 0 Å². The van der Waals surface area contributed by atoms with Gasteiger partial charge in [-0.15, -0.1) is 23.1 Å². The van der Waals surface area contributed by atoms with Crippen molar-refractivity contribution < 1.29 is 19.1 Å². The molecule has 0 saturated carbocycles. The van der Waals surface area contributed by atoms with E-state index in [4.69, 9.17) is 16.3 Å². The zero-order valence-corrected chi connectivity index (χ0v) is 22.8. The largest absolute Gasteiger partial charge is 0.462 e. The van der Waals surface area contributed by atoms with Gasteiger partial charge in [0, 0.05) is 22.0 Å². The SMILES string of the molecule is CCOC(=O)c1c(NC(=O)c2ccc([C@H]3SCC(=O)N3Cc3ccc(Cl)cc3)cc2)sc2c1CCCC2. The van der Waals surface area contributed by atoms with Gasteiger partial charge < -0.3 is 15.0 Å². The number of halogens is 1. The number of rotatable bonds is 7. The summed E-state index contributed by atoms with van der Waals surface area (Å²) in [7, 11) is 0. The highest BCUT2D eigenvalue weighted by Crippen LogP contribution is 2.41. The molecule has 5 rings (SSSR count). The molecule has 1 aromatic heterocycles. The number of hydrogen-bond donors (Lipinski definition) is 1. The number of nitrogens with one attached hydrogen (secondary N) is 1. The summed E-state index contributed by atoms with van der Waals surface area (Å²) in [5.74, 6) is -0.153. The molecule has 1 aliphatic carbocycles. The van der Waals surface area contributed by atoms with Crippen LogP contribution in [0.15, 0.2) is 48.5 Å². The second-order valence-corrected chi connectivity index (χ2v) is 11.6. The van der Waals surface area contributed by atoms with E-state index >= 15 is 0 Å². The van der Waals surface area contributed by atoms with Gasteiger partial charge >= 0.3 is 5.97 Å². The molecule has 1 saturated heterocycles. The zero-order chi connectivity index (χ0) is 25.9. The highest BCUT2D eigenvalue weighted by atomic mass is 35.5. The third-order valence-electron chi connectivity index (χ3n) is 6.57. The van der Waals surface area contributed by atoms with E-state index in [0.29, 0.717) is 33.4 Å². The van der Waals surface area contributed by atoms with E-state index in [9.17, 15) is 14.4 Å². The van der Waals surface area contributed by atoms with Crippen LogP contribution in [0.4, 0.5) is 5.00 Å². The highest BCUT2D eigenvalue weighted by molar-refractivity contribution is 8.00. The fraction of sp³-hybridized carbons (Fsp3) is 0.321. The predicted molar refractivity (Wildman–Crippen MR) is 149 cm³/mol. The van der Waals surface area contributed by atoms with Crippen LogP contribution in [0.3, 0.4) is 0 Å². The molecule has 1 N–H and O–H groups in total. The molecule has 37 heavy (non-hydrogen) atoms. The number of thiophene rings is 1. The summed E-state index contributed by atoms with van der Waals surface area (Å²) < 4.78 is 5.30. The molecular formula is C28H27ClN2O4S2. The number of hydrogen-bond acceptors (Lipinski definition) is 6. The molecular weight excluding hydrogens is 528 g/mol. The number of carbonyl (C=O) groups excluding carboxylic acids is 3. The topological polar surface area (TPSA) is 75.7 Å². The van der Waals surface area contributed by atoms with Gasteiger partial charge in [-0.1, -0.05) is 35.9 Å². The summed E-state index contributed by atoms with van der Waals surface area (Å²) in [6, 6.07) is 14.8. The van der Waals surface area contributed by atoms with E-state index in [1.165, 1.54) is 11.3 Å². The number of benzene rings is 2. The van der Waals surface area contributed by atoms with Crippen LogP contribution in [0.2, 0.25) is 5.02 Å². The molecule has 2 aromatic carbocycles. The van der Waals surface area contributed by atoms with Crippen molar-refractivity contribution in [1.82, 2.24) is 4.90 Å². The van der Waals surface area contributed by atoms with E-state index in [0.717, 1.165) is 47.3 Å². The van der Waals surface area contributed by atoms with Crippen molar-refractivity contribution in [2.45, 2.75) is 44.5 Å². The Balaban J connectivity index is 1.32. The second-order valence-electron chi connectivity index (χ2n) is 9.02. The molecule has 2 aliphatic rings. The van der Waals surface area contributed by atoms with Crippen molar-refractivity contribution >= 4 is 57.5 Å². The van der Waals surface area contributed by atoms with Crippen LogP contribution in [-0.2, 0) is 28.9 Å². The minimum atomic E-state index is -0.378. The Bertz CT molecular complexity index is 1320. The fourth-order valence-corrected chi connectivity index (χ4v) is 7.32. The van der Waals surface area contributed by atoms with E-state index in [-0.39, 0.29) is 29.8 Å². The fourth-order valence-electron chi connectivity index (χ4n) is 4.74. The molecule has 0 spiro atoms. The lowest BCUT2D eigenvalue weighted by Crippen LogP contribution is -2.27. The smallest absolute Gasteiger partial charge is 0.341 e. The minimum Gasteiger partial charge on any atom is -0.462 e. The third-order valence-corrected chi connectivity index (χ3v) is 9.29. The number of anilines is 1. The summed E-state index contributed by atoms with van der Waals surface area (Å²) in [6.45, 7) is 2.56. The molecule has 0 radical (unpaired) electrons. The normalized spacial score (nSPS) is 17.0. The van der Waals surface area contributed by atoms with Gasteiger partial charge in [0.1, 0.15) is 10.4 Å². The minimum absolute atomic E-state index is 0.0833. The monoisotopic (exact) mass is 554 g/mol. The maximum absolute atomic E-state index is 13.1. The Kier molecular flexibility index (Phi) is 7.88. The Morgan fingerprint density at radius 1 is 1.08 bits per heavy atom. The van der Waals surface area contributed by atoms with Gasteiger partial charge in [-0.25, -0.2) is 4.79 Å². The number of aryl methyl sites for hydroxylation is 1. The van der Waals surface area contributed by atoms with Crippen molar-refractivity contribution in [3.63, 3.8) is 0 Å². The molecule has 9 heteroatoms. The average molecular weight is 555 g/mol. The van der Waals surface area contributed by atoms with Gasteiger partial charge in [-0.3, -0.25) is 9.59 Å². The van der Waals surface area contributed by atoms with Crippen molar-refractivity contribution in [2.75, 3.05) is 17.7 Å². The molecule has 6 nitrogen and oxygen atoms in total. The lowest BCUT2D eigenvalue weighted by Gasteiger charge is -2.24. The van der Waals surface area contributed by atoms with E-state index in [1.54, 1.807) is 30.8 Å². The summed E-state index contributed by atoms with van der Waals surface area (Å²) in [4.78, 5) is 41.5. The maximum atomic E-state index is 13.1. The molecule has 1 aliphatic heterocycles. The van der Waals surface area contributed by atoms with Gasteiger partial charge in [0.05, 0.1) is 17.9 Å². The summed E-state index contributed by atoms with van der Waals surface area (Å²) >= 11 is 9.05. The third kappa shape index (κ3) is 5.56. The van der Waals surface area contributed by atoms with Crippen LogP contribution in [-0.4, -0.2) is 35.0 Å². The lowest BCUT2D eigenvalue weighted by molar-refractivity contribution is -0.128. The van der Waals surface area contributed by atoms with Gasteiger partial charge in [-0.05, 0) is 73.6 Å². The number of esters is 1. The van der Waals surface area contributed by atoms with Crippen molar-refractivity contribution in [3.8, 4) is 0 Å². The first-order valence-electron chi connectivity index (χ1n) is 12.3. The standard InChI is InChI=1S/C28H27ClN2O4S2/c1-2-35-28(34)24-21-5-3-4-6-22(21)37-26(24)30-25(33)18-9-11-19(12-10-18)27-31(23(32)16-36-27)15-17-7-13-20(29)14-8-17/h7-14,27H,2-6,15-16H2,1H3,(H,30,33)/t27-/m1/s1. The Hall–Kier alpha value is -2.81. The van der Waals surface area contributed by atoms with Crippen LogP contribution >= 0.6 is 34.7 Å². The van der Waals surface area contributed by atoms with Gasteiger partial charge in [0.25, 0.3) is 5.91 Å². The average Bonchev–Trinajstić information content (AvgIpc) is 3.45. The number of nitrogens with zero attached hydrogens (tertiary/aromatic N) is 1. The molecule has 1 fully saturated rings. The first-order chi connectivity index (χ1) is 17.9. The number of thioether (sulfide) groups is 1. The molecule has 192 valence electrons. The van der Waals surface area contributed by atoms with Crippen molar-refractivity contribution in [3.05, 3.63) is 86.2 Å². The van der Waals surface area contributed by atoms with Gasteiger partial charge in [0.15, 0.2) is 0 Å². The molecule has 2 amide bonds. The molecule has 3 aromatic rings. The number of carbonyl (C=O) groups is 3. The summed E-state index contributed by atoms with van der Waals surface area (Å²) in [5, 5.41) is 4.06. The van der Waals surface area contributed by atoms with Gasteiger partial charge in [0.2, 0.25) is 5.91 Å². The zero-order valence-electron chi connectivity index (χ0n) is 20.4. The van der Waals surface area contributed by atoms with E-state index in [2.05, 4.69) is 5.32 Å². The van der Waals surface area contributed by atoms with Gasteiger partial charge in [-0.2, -0.15) is 0 Å². The van der Waals surface area contributed by atoms with Crippen LogP contribution in [0.25, 0.3) is 0 Å².